The second-order valence-corrected chi connectivity index (χ2v) is 3.21. The molecule has 0 amide bonds. The lowest BCUT2D eigenvalue weighted by Crippen LogP contribution is -2.05. The molecule has 0 aromatic heterocycles. The molecule has 3 heteroatoms. The summed E-state index contributed by atoms with van der Waals surface area (Å²) in [5.41, 5.74) is 1.26. The maximum absolute atomic E-state index is 13.2. The average Bonchev–Trinajstić information content (AvgIpc) is 2.09. The zero-order valence-electron chi connectivity index (χ0n) is 7.31. The summed E-state index contributed by atoms with van der Waals surface area (Å²) < 4.78 is 13.2. The van der Waals surface area contributed by atoms with E-state index < -0.39 is 0 Å². The minimum atomic E-state index is -0.335. The molecule has 0 aliphatic heterocycles. The third-order valence-electron chi connectivity index (χ3n) is 1.75. The molecule has 0 spiro atoms. The Hall–Kier alpha value is -0.890. The van der Waals surface area contributed by atoms with Gasteiger partial charge in [0.2, 0.25) is 0 Å². The zero-order valence-corrected chi connectivity index (χ0v) is 8.07. The van der Waals surface area contributed by atoms with E-state index in [0.717, 1.165) is 5.56 Å². The quantitative estimate of drug-likeness (QED) is 0.686. The second-order valence-electron chi connectivity index (χ2n) is 2.94. The molecule has 13 heavy (non-hydrogen) atoms. The van der Waals surface area contributed by atoms with Gasteiger partial charge in [-0.25, -0.2) is 4.39 Å². The second kappa shape index (κ2) is 4.38. The molecular formula is C10H10ClFO. The molecule has 0 aliphatic rings. The van der Waals surface area contributed by atoms with Gasteiger partial charge in [0, 0.05) is 6.42 Å². The van der Waals surface area contributed by atoms with Crippen molar-refractivity contribution < 1.29 is 9.18 Å². The number of benzene rings is 1. The predicted molar refractivity (Wildman–Crippen MR) is 50.6 cm³/mol. The Morgan fingerprint density at radius 1 is 1.54 bits per heavy atom. The topological polar surface area (TPSA) is 17.1 Å². The van der Waals surface area contributed by atoms with Crippen LogP contribution in [0.1, 0.15) is 11.1 Å². The molecule has 1 aromatic carbocycles. The van der Waals surface area contributed by atoms with Crippen molar-refractivity contribution in [3.63, 3.8) is 0 Å². The van der Waals surface area contributed by atoms with E-state index >= 15 is 0 Å². The van der Waals surface area contributed by atoms with Gasteiger partial charge < -0.3 is 0 Å². The van der Waals surface area contributed by atoms with Gasteiger partial charge in [-0.3, -0.25) is 4.79 Å². The minimum absolute atomic E-state index is 0.0622. The first-order valence-corrected chi connectivity index (χ1v) is 4.49. The summed E-state index contributed by atoms with van der Waals surface area (Å²) in [5.74, 6) is -0.560. The Bertz CT molecular complexity index is 323. The molecule has 0 unspecified atom stereocenters. The lowest BCUT2D eigenvalue weighted by Gasteiger charge is -2.01. The molecule has 0 heterocycles. The van der Waals surface area contributed by atoms with Crippen molar-refractivity contribution in [1.82, 2.24) is 0 Å². The van der Waals surface area contributed by atoms with E-state index in [1.54, 1.807) is 19.1 Å². The van der Waals surface area contributed by atoms with Crippen LogP contribution in [0.5, 0.6) is 0 Å². The third kappa shape index (κ3) is 2.81. The van der Waals surface area contributed by atoms with Crippen molar-refractivity contribution >= 4 is 17.4 Å². The number of ketones is 1. The fraction of sp³-hybridized carbons (Fsp3) is 0.300. The van der Waals surface area contributed by atoms with E-state index in [1.807, 2.05) is 0 Å². The van der Waals surface area contributed by atoms with Crippen LogP contribution in [-0.2, 0) is 11.2 Å². The van der Waals surface area contributed by atoms with Crippen LogP contribution in [0.2, 0.25) is 0 Å². The number of hydrogen-bond donors (Lipinski definition) is 0. The van der Waals surface area contributed by atoms with Crippen LogP contribution in [0, 0.1) is 12.7 Å². The molecule has 0 radical (unpaired) electrons. The summed E-state index contributed by atoms with van der Waals surface area (Å²) in [7, 11) is 0. The largest absolute Gasteiger partial charge is 0.298 e. The van der Waals surface area contributed by atoms with E-state index in [1.165, 1.54) is 6.07 Å². The summed E-state index contributed by atoms with van der Waals surface area (Å²) in [6, 6.07) is 4.81. The Morgan fingerprint density at radius 2 is 2.23 bits per heavy atom. The molecule has 70 valence electrons. The number of halogens is 2. The van der Waals surface area contributed by atoms with Crippen molar-refractivity contribution in [3.05, 3.63) is 35.1 Å². The van der Waals surface area contributed by atoms with Crippen LogP contribution in [0.3, 0.4) is 0 Å². The maximum Gasteiger partial charge on any atom is 0.152 e. The van der Waals surface area contributed by atoms with Crippen LogP contribution < -0.4 is 0 Å². The van der Waals surface area contributed by atoms with Gasteiger partial charge in [0.05, 0.1) is 5.88 Å². The van der Waals surface area contributed by atoms with Gasteiger partial charge >= 0.3 is 0 Å². The number of hydrogen-bond acceptors (Lipinski definition) is 1. The fourth-order valence-corrected chi connectivity index (χ4v) is 1.15. The monoisotopic (exact) mass is 200 g/mol. The Kier molecular flexibility index (Phi) is 3.43. The summed E-state index contributed by atoms with van der Waals surface area (Å²) in [6.07, 6.45) is 0.0790. The van der Waals surface area contributed by atoms with Gasteiger partial charge in [0.1, 0.15) is 5.82 Å². The minimum Gasteiger partial charge on any atom is -0.298 e. The van der Waals surface area contributed by atoms with Crippen LogP contribution >= 0.6 is 11.6 Å². The summed E-state index contributed by atoms with van der Waals surface area (Å²) in [6.45, 7) is 1.80. The fourth-order valence-electron chi connectivity index (χ4n) is 1.06. The molecule has 0 saturated carbocycles. The van der Waals surface area contributed by atoms with Crippen LogP contribution in [-0.4, -0.2) is 11.7 Å². The molecule has 1 rings (SSSR count). The lowest BCUT2D eigenvalue weighted by molar-refractivity contribution is -0.116. The van der Waals surface area contributed by atoms with Crippen LogP contribution in [0.25, 0.3) is 0 Å². The van der Waals surface area contributed by atoms with Crippen molar-refractivity contribution in [2.45, 2.75) is 13.3 Å². The van der Waals surface area contributed by atoms with E-state index in [2.05, 4.69) is 0 Å². The number of carbonyl (C=O) groups excluding carboxylic acids is 1. The molecule has 0 N–H and O–H groups in total. The SMILES string of the molecule is Cc1ccc(CC(=O)CCl)c(F)c1. The number of alkyl halides is 1. The summed E-state index contributed by atoms with van der Waals surface area (Å²) in [5, 5.41) is 0. The van der Waals surface area contributed by atoms with Gasteiger partial charge in [-0.1, -0.05) is 12.1 Å². The first-order valence-electron chi connectivity index (χ1n) is 3.96. The first kappa shape index (κ1) is 10.2. The van der Waals surface area contributed by atoms with Crippen LogP contribution in [0.15, 0.2) is 18.2 Å². The van der Waals surface area contributed by atoms with Gasteiger partial charge in [-0.15, -0.1) is 11.6 Å². The highest BCUT2D eigenvalue weighted by molar-refractivity contribution is 6.27. The van der Waals surface area contributed by atoms with Crippen molar-refractivity contribution in [3.8, 4) is 0 Å². The van der Waals surface area contributed by atoms with Gasteiger partial charge in [-0.2, -0.15) is 0 Å². The Labute approximate surface area is 81.5 Å². The van der Waals surface area contributed by atoms with E-state index in [9.17, 15) is 9.18 Å². The van der Waals surface area contributed by atoms with Crippen LogP contribution in [0.4, 0.5) is 4.39 Å². The van der Waals surface area contributed by atoms with E-state index in [4.69, 9.17) is 11.6 Å². The normalized spacial score (nSPS) is 10.1. The Balaban J connectivity index is 2.83. The molecule has 0 atom stereocenters. The molecular weight excluding hydrogens is 191 g/mol. The molecule has 0 aliphatic carbocycles. The number of carbonyl (C=O) groups is 1. The highest BCUT2D eigenvalue weighted by atomic mass is 35.5. The summed E-state index contributed by atoms with van der Waals surface area (Å²) in [4.78, 5) is 10.9. The van der Waals surface area contributed by atoms with Crippen molar-refractivity contribution in [2.24, 2.45) is 0 Å². The highest BCUT2D eigenvalue weighted by Gasteiger charge is 2.06. The Morgan fingerprint density at radius 3 is 2.77 bits per heavy atom. The van der Waals surface area contributed by atoms with E-state index in [-0.39, 0.29) is 23.9 Å². The number of aryl methyl sites for hydroxylation is 1. The predicted octanol–water partition coefficient (Wildman–Crippen LogP) is 2.48. The highest BCUT2D eigenvalue weighted by Crippen LogP contribution is 2.10. The lowest BCUT2D eigenvalue weighted by atomic mass is 10.1. The molecule has 0 fully saturated rings. The molecule has 1 aromatic rings. The summed E-state index contributed by atoms with van der Waals surface area (Å²) >= 11 is 5.31. The van der Waals surface area contributed by atoms with Gasteiger partial charge in [0.25, 0.3) is 0 Å². The van der Waals surface area contributed by atoms with Crippen molar-refractivity contribution in [1.29, 1.82) is 0 Å². The van der Waals surface area contributed by atoms with E-state index in [0.29, 0.717) is 5.56 Å². The van der Waals surface area contributed by atoms with Crippen molar-refractivity contribution in [2.75, 3.05) is 5.88 Å². The zero-order chi connectivity index (χ0) is 9.84. The molecule has 0 bridgehead atoms. The smallest absolute Gasteiger partial charge is 0.152 e. The molecule has 0 saturated heterocycles. The van der Waals surface area contributed by atoms with Gasteiger partial charge in [-0.05, 0) is 24.1 Å². The average molecular weight is 201 g/mol. The first-order chi connectivity index (χ1) is 6.13. The number of Topliss-reactive ketones (excluding diaryl/α,β-unsaturated/α-hetero) is 1. The molecule has 1 nitrogen and oxygen atoms in total. The standard InChI is InChI=1S/C10H10ClFO/c1-7-2-3-8(10(12)4-7)5-9(13)6-11/h2-4H,5-6H2,1H3. The van der Waals surface area contributed by atoms with Gasteiger partial charge in [0.15, 0.2) is 5.78 Å². The third-order valence-corrected chi connectivity index (χ3v) is 2.04. The number of rotatable bonds is 3. The maximum atomic E-state index is 13.2.